The Morgan fingerprint density at radius 2 is 1.85 bits per heavy atom. The normalized spacial score (nSPS) is 12.3. The first-order valence-corrected chi connectivity index (χ1v) is 8.02. The molecule has 1 unspecified atom stereocenters. The lowest BCUT2D eigenvalue weighted by Gasteiger charge is -2.15. The fourth-order valence-electron chi connectivity index (χ4n) is 1.74. The van der Waals surface area contributed by atoms with E-state index in [1.807, 2.05) is 0 Å². The number of hydrogen-bond donors (Lipinski definition) is 0. The minimum Gasteiger partial charge on any atom is -0.495 e. The van der Waals surface area contributed by atoms with Crippen LogP contribution in [0.25, 0.3) is 0 Å². The monoisotopic (exact) mass is 440 g/mol. The molecule has 0 aliphatic heterocycles. The van der Waals surface area contributed by atoms with E-state index in [-0.39, 0.29) is 10.6 Å². The van der Waals surface area contributed by atoms with Crippen molar-refractivity contribution in [2.24, 2.45) is 0 Å². The molecule has 0 amide bonds. The van der Waals surface area contributed by atoms with Crippen LogP contribution in [0.1, 0.15) is 16.0 Å². The number of rotatable bonds is 3. The Balaban J connectivity index is 2.45. The summed E-state index contributed by atoms with van der Waals surface area (Å²) in [5.74, 6) is 0.202. The summed E-state index contributed by atoms with van der Waals surface area (Å²) in [5.41, 5.74) is 1.65. The van der Waals surface area contributed by atoms with Crippen LogP contribution in [0, 0.1) is 5.82 Å². The molecule has 0 saturated carbocycles. The molecule has 1 nitrogen and oxygen atoms in total. The number of hydrogen-bond acceptors (Lipinski definition) is 1. The third-order valence-electron chi connectivity index (χ3n) is 2.78. The van der Waals surface area contributed by atoms with Crippen LogP contribution in [0.2, 0.25) is 10.0 Å². The van der Waals surface area contributed by atoms with Crippen LogP contribution in [-0.4, -0.2) is 7.11 Å². The van der Waals surface area contributed by atoms with Crippen LogP contribution in [0.15, 0.2) is 34.8 Å². The third-order valence-corrected chi connectivity index (χ3v) is 5.03. The molecule has 0 heterocycles. The van der Waals surface area contributed by atoms with E-state index in [1.165, 1.54) is 13.2 Å². The number of halogens is 5. The highest BCUT2D eigenvalue weighted by Crippen LogP contribution is 2.40. The fourth-order valence-corrected chi connectivity index (χ4v) is 3.45. The van der Waals surface area contributed by atoms with Crippen molar-refractivity contribution in [2.75, 3.05) is 7.11 Å². The Morgan fingerprint density at radius 1 is 1.15 bits per heavy atom. The summed E-state index contributed by atoms with van der Waals surface area (Å²) >= 11 is 19.1. The molecule has 0 N–H and O–H groups in total. The summed E-state index contributed by atoms with van der Waals surface area (Å²) in [6, 6.07) is 8.18. The van der Waals surface area contributed by atoms with Gasteiger partial charge in [0.2, 0.25) is 0 Å². The molecule has 2 aromatic rings. The molecule has 6 heteroatoms. The van der Waals surface area contributed by atoms with E-state index in [1.54, 1.807) is 24.3 Å². The van der Waals surface area contributed by atoms with Gasteiger partial charge < -0.3 is 4.74 Å². The zero-order valence-corrected chi connectivity index (χ0v) is 14.9. The van der Waals surface area contributed by atoms with Gasteiger partial charge in [-0.25, -0.2) is 4.39 Å². The topological polar surface area (TPSA) is 9.23 Å². The van der Waals surface area contributed by atoms with E-state index in [4.69, 9.17) is 27.9 Å². The second kappa shape index (κ2) is 6.65. The highest BCUT2D eigenvalue weighted by atomic mass is 79.9. The van der Waals surface area contributed by atoms with E-state index in [0.717, 1.165) is 11.1 Å². The molecule has 1 atom stereocenters. The third kappa shape index (κ3) is 3.30. The molecule has 0 aromatic heterocycles. The van der Waals surface area contributed by atoms with E-state index >= 15 is 0 Å². The first-order valence-electron chi connectivity index (χ1n) is 5.56. The van der Waals surface area contributed by atoms with Crippen molar-refractivity contribution in [1.82, 2.24) is 0 Å². The van der Waals surface area contributed by atoms with Crippen molar-refractivity contribution in [3.8, 4) is 5.75 Å². The van der Waals surface area contributed by atoms with Gasteiger partial charge >= 0.3 is 0 Å². The molecule has 0 aliphatic rings. The quantitative estimate of drug-likeness (QED) is 0.500. The molecule has 20 heavy (non-hydrogen) atoms. The van der Waals surface area contributed by atoms with Gasteiger partial charge in [-0.1, -0.05) is 45.2 Å². The summed E-state index contributed by atoms with van der Waals surface area (Å²) < 4.78 is 18.8. The van der Waals surface area contributed by atoms with Crippen molar-refractivity contribution < 1.29 is 9.13 Å². The van der Waals surface area contributed by atoms with Crippen molar-refractivity contribution in [2.45, 2.75) is 4.83 Å². The molecule has 0 saturated heterocycles. The Morgan fingerprint density at radius 3 is 2.45 bits per heavy atom. The molecule has 2 aromatic carbocycles. The average Bonchev–Trinajstić information content (AvgIpc) is 2.43. The van der Waals surface area contributed by atoms with E-state index in [9.17, 15) is 4.39 Å². The Labute approximate surface area is 143 Å². The van der Waals surface area contributed by atoms with Gasteiger partial charge in [0.05, 0.1) is 21.4 Å². The lowest BCUT2D eigenvalue weighted by Crippen LogP contribution is -1.96. The van der Waals surface area contributed by atoms with Crippen LogP contribution in [0.3, 0.4) is 0 Å². The average molecular weight is 443 g/mol. The lowest BCUT2D eigenvalue weighted by atomic mass is 10.0. The van der Waals surface area contributed by atoms with Crippen LogP contribution < -0.4 is 4.74 Å². The molecular weight excluding hydrogens is 434 g/mol. The molecule has 0 aliphatic carbocycles. The van der Waals surface area contributed by atoms with Gasteiger partial charge in [0.25, 0.3) is 0 Å². The second-order valence-electron chi connectivity index (χ2n) is 4.04. The maximum atomic E-state index is 13.3. The zero-order chi connectivity index (χ0) is 14.9. The number of alkyl halides is 1. The molecule has 0 spiro atoms. The first-order chi connectivity index (χ1) is 9.43. The largest absolute Gasteiger partial charge is 0.495 e. The summed E-state index contributed by atoms with van der Waals surface area (Å²) in [5, 5.41) is 0.992. The SMILES string of the molecule is COc1cc(Cl)c(C(Br)c2ccc(F)c(Br)c2)cc1Cl. The number of benzene rings is 2. The van der Waals surface area contributed by atoms with Crippen molar-refractivity contribution in [3.63, 3.8) is 0 Å². The maximum Gasteiger partial charge on any atom is 0.138 e. The van der Waals surface area contributed by atoms with Crippen LogP contribution in [0.5, 0.6) is 5.75 Å². The molecular formula is C14H9Br2Cl2FO. The van der Waals surface area contributed by atoms with Gasteiger partial charge in [0.15, 0.2) is 0 Å². The van der Waals surface area contributed by atoms with Crippen LogP contribution >= 0.6 is 55.1 Å². The number of methoxy groups -OCH3 is 1. The maximum absolute atomic E-state index is 13.3. The predicted molar refractivity (Wildman–Crippen MR) is 87.9 cm³/mol. The van der Waals surface area contributed by atoms with Gasteiger partial charge in [-0.15, -0.1) is 0 Å². The molecule has 0 radical (unpaired) electrons. The molecule has 0 fully saturated rings. The predicted octanol–water partition coefficient (Wildman–Crippen LogP) is 6.39. The van der Waals surface area contributed by atoms with Crippen molar-refractivity contribution in [3.05, 3.63) is 61.8 Å². The van der Waals surface area contributed by atoms with Gasteiger partial charge in [-0.05, 0) is 45.3 Å². The molecule has 2 rings (SSSR count). The van der Waals surface area contributed by atoms with Gasteiger partial charge in [-0.2, -0.15) is 0 Å². The van der Waals surface area contributed by atoms with Gasteiger partial charge in [0.1, 0.15) is 11.6 Å². The smallest absolute Gasteiger partial charge is 0.138 e. The summed E-state index contributed by atoms with van der Waals surface area (Å²) in [4.78, 5) is -0.199. The summed E-state index contributed by atoms with van der Waals surface area (Å²) in [7, 11) is 1.53. The minimum atomic E-state index is -0.313. The lowest BCUT2D eigenvalue weighted by molar-refractivity contribution is 0.415. The fraction of sp³-hybridized carbons (Fsp3) is 0.143. The standard InChI is InChI=1S/C14H9Br2Cl2FO/c1-20-13-6-10(17)8(5-11(13)18)14(16)7-2-3-12(19)9(15)4-7/h2-6,14H,1H3. The first kappa shape index (κ1) is 16.1. The molecule has 106 valence electrons. The highest BCUT2D eigenvalue weighted by Gasteiger charge is 2.17. The van der Waals surface area contributed by atoms with Gasteiger partial charge in [-0.3, -0.25) is 0 Å². The minimum absolute atomic E-state index is 0.199. The Kier molecular flexibility index (Phi) is 5.35. The Bertz CT molecular complexity index is 649. The molecule has 0 bridgehead atoms. The zero-order valence-electron chi connectivity index (χ0n) is 10.3. The van der Waals surface area contributed by atoms with E-state index < -0.39 is 0 Å². The Hall–Kier alpha value is -0.290. The van der Waals surface area contributed by atoms with Gasteiger partial charge in [0, 0.05) is 11.1 Å². The highest BCUT2D eigenvalue weighted by molar-refractivity contribution is 9.10. The van der Waals surface area contributed by atoms with Crippen LogP contribution in [-0.2, 0) is 0 Å². The van der Waals surface area contributed by atoms with Crippen LogP contribution in [0.4, 0.5) is 4.39 Å². The van der Waals surface area contributed by atoms with Crippen molar-refractivity contribution >= 4 is 55.1 Å². The van der Waals surface area contributed by atoms with Crippen molar-refractivity contribution in [1.29, 1.82) is 0 Å². The summed E-state index contributed by atoms with van der Waals surface area (Å²) in [6.07, 6.45) is 0. The number of ether oxygens (including phenoxy) is 1. The second-order valence-corrected chi connectivity index (χ2v) is 6.63. The summed E-state index contributed by atoms with van der Waals surface area (Å²) in [6.45, 7) is 0. The van der Waals surface area contributed by atoms with E-state index in [2.05, 4.69) is 31.9 Å². The van der Waals surface area contributed by atoms with E-state index in [0.29, 0.717) is 20.3 Å².